The van der Waals surface area contributed by atoms with Crippen molar-refractivity contribution in [2.75, 3.05) is 31.1 Å². The van der Waals surface area contributed by atoms with Crippen molar-refractivity contribution in [3.8, 4) is 0 Å². The highest BCUT2D eigenvalue weighted by Gasteiger charge is 2.36. The molecule has 0 bridgehead atoms. The predicted molar refractivity (Wildman–Crippen MR) is 88.3 cm³/mol. The van der Waals surface area contributed by atoms with Gasteiger partial charge in [-0.25, -0.2) is 8.42 Å². The molecule has 0 N–H and O–H groups in total. The summed E-state index contributed by atoms with van der Waals surface area (Å²) in [5.74, 6) is 1.49. The fraction of sp³-hybridized carbons (Fsp3) is 1.00. The van der Waals surface area contributed by atoms with Crippen LogP contribution in [0.3, 0.4) is 0 Å². The molecule has 0 amide bonds. The first-order valence-corrected chi connectivity index (χ1v) is 10.7. The van der Waals surface area contributed by atoms with E-state index in [9.17, 15) is 8.42 Å². The Balaban J connectivity index is 1.74. The predicted octanol–water partition coefficient (Wildman–Crippen LogP) is 2.95. The third kappa shape index (κ3) is 4.38. The summed E-state index contributed by atoms with van der Waals surface area (Å²) in [5, 5.41) is 0.857. The first kappa shape index (κ1) is 16.6. The fourth-order valence-corrected chi connectivity index (χ4v) is 5.84. The van der Waals surface area contributed by atoms with Gasteiger partial charge in [0.1, 0.15) is 0 Å². The second-order valence-corrected chi connectivity index (χ2v) is 11.0. The largest absolute Gasteiger partial charge is 0.301 e. The first-order chi connectivity index (χ1) is 9.41. The molecule has 2 fully saturated rings. The Morgan fingerprint density at radius 3 is 2.55 bits per heavy atom. The lowest BCUT2D eigenvalue weighted by Crippen LogP contribution is -2.33. The Bertz CT molecular complexity index is 400. The van der Waals surface area contributed by atoms with Crippen LogP contribution in [-0.2, 0) is 9.84 Å². The molecule has 0 aromatic rings. The maximum atomic E-state index is 12.2. The second-order valence-electron chi connectivity index (χ2n) is 6.80. The molecule has 1 aliphatic carbocycles. The molecule has 3 nitrogen and oxygen atoms in total. The van der Waals surface area contributed by atoms with Crippen molar-refractivity contribution in [3.63, 3.8) is 0 Å². The zero-order valence-corrected chi connectivity index (χ0v) is 14.6. The molecule has 0 aromatic carbocycles. The van der Waals surface area contributed by atoms with E-state index in [2.05, 4.69) is 16.7 Å². The van der Waals surface area contributed by atoms with Crippen molar-refractivity contribution in [1.82, 2.24) is 4.90 Å². The Morgan fingerprint density at radius 1 is 1.15 bits per heavy atom. The van der Waals surface area contributed by atoms with E-state index in [1.54, 1.807) is 0 Å². The number of hydrogen-bond acceptors (Lipinski definition) is 4. The minimum Gasteiger partial charge on any atom is -0.301 e. The van der Waals surface area contributed by atoms with E-state index in [1.807, 2.05) is 13.8 Å². The summed E-state index contributed by atoms with van der Waals surface area (Å²) in [6.07, 6.45) is 7.74. The molecule has 20 heavy (non-hydrogen) atoms. The topological polar surface area (TPSA) is 37.4 Å². The van der Waals surface area contributed by atoms with Crippen LogP contribution in [-0.4, -0.2) is 54.5 Å². The van der Waals surface area contributed by atoms with E-state index in [0.29, 0.717) is 5.75 Å². The van der Waals surface area contributed by atoms with E-state index in [4.69, 9.17) is 0 Å². The molecule has 5 heteroatoms. The van der Waals surface area contributed by atoms with Crippen molar-refractivity contribution in [2.45, 2.75) is 62.4 Å². The Morgan fingerprint density at radius 2 is 1.85 bits per heavy atom. The molecular formula is C15H29NO2S2. The van der Waals surface area contributed by atoms with Crippen LogP contribution >= 0.6 is 11.8 Å². The molecular weight excluding hydrogens is 290 g/mol. The molecule has 118 valence electrons. The fourth-order valence-electron chi connectivity index (χ4n) is 3.02. The minimum atomic E-state index is -2.92. The number of sulfone groups is 1. The third-order valence-corrected chi connectivity index (χ3v) is 8.83. The molecule has 0 aromatic heterocycles. The van der Waals surface area contributed by atoms with Crippen LogP contribution in [0, 0.1) is 0 Å². The lowest BCUT2D eigenvalue weighted by molar-refractivity contribution is 0.301. The quantitative estimate of drug-likeness (QED) is 0.798. The van der Waals surface area contributed by atoms with Crippen LogP contribution in [0.4, 0.5) is 0 Å². The van der Waals surface area contributed by atoms with Crippen molar-refractivity contribution >= 4 is 21.6 Å². The first-order valence-electron chi connectivity index (χ1n) is 7.97. The summed E-state index contributed by atoms with van der Waals surface area (Å²) in [6, 6.07) is 0. The van der Waals surface area contributed by atoms with Gasteiger partial charge in [-0.1, -0.05) is 19.3 Å². The molecule has 1 saturated heterocycles. The molecule has 1 aliphatic heterocycles. The number of thioether (sulfide) groups is 1. The molecule has 1 saturated carbocycles. The average Bonchev–Trinajstić information content (AvgIpc) is 2.51. The number of hydrogen-bond donors (Lipinski definition) is 0. The average molecular weight is 320 g/mol. The van der Waals surface area contributed by atoms with Crippen LogP contribution in [0.1, 0.15) is 52.4 Å². The van der Waals surface area contributed by atoms with Gasteiger partial charge >= 0.3 is 0 Å². The Kier molecular flexibility index (Phi) is 5.83. The standard InChI is InChI=1S/C15H29NO2S2/c1-15(2)8-9-16(11-13-20(15,17)18)10-12-19-14-6-4-3-5-7-14/h14H,3-13H2,1-2H3. The van der Waals surface area contributed by atoms with Gasteiger partial charge in [0.15, 0.2) is 9.84 Å². The summed E-state index contributed by atoms with van der Waals surface area (Å²) in [7, 11) is -2.92. The molecule has 2 rings (SSSR count). The maximum Gasteiger partial charge on any atom is 0.156 e. The Hall–Kier alpha value is 0.260. The normalized spacial score (nSPS) is 28.1. The lowest BCUT2D eigenvalue weighted by atomic mass is 10.0. The maximum absolute atomic E-state index is 12.2. The van der Waals surface area contributed by atoms with E-state index < -0.39 is 14.6 Å². The highest BCUT2D eigenvalue weighted by Crippen LogP contribution is 2.29. The van der Waals surface area contributed by atoms with Crippen molar-refractivity contribution in [1.29, 1.82) is 0 Å². The summed E-state index contributed by atoms with van der Waals surface area (Å²) >= 11 is 2.11. The van der Waals surface area contributed by atoms with Crippen LogP contribution < -0.4 is 0 Å². The molecule has 0 radical (unpaired) electrons. The van der Waals surface area contributed by atoms with Gasteiger partial charge in [-0.15, -0.1) is 0 Å². The van der Waals surface area contributed by atoms with Crippen molar-refractivity contribution < 1.29 is 8.42 Å². The van der Waals surface area contributed by atoms with Gasteiger partial charge in [0.05, 0.1) is 10.5 Å². The Labute approximate surface area is 128 Å². The van der Waals surface area contributed by atoms with Gasteiger partial charge < -0.3 is 4.90 Å². The monoisotopic (exact) mass is 319 g/mol. The highest BCUT2D eigenvalue weighted by atomic mass is 32.2. The lowest BCUT2D eigenvalue weighted by Gasteiger charge is -2.24. The zero-order chi connectivity index (χ0) is 14.6. The second kappa shape index (κ2) is 7.01. The summed E-state index contributed by atoms with van der Waals surface area (Å²) < 4.78 is 23.8. The van der Waals surface area contributed by atoms with Gasteiger partial charge in [-0.3, -0.25) is 0 Å². The van der Waals surface area contributed by atoms with Crippen LogP contribution in [0.25, 0.3) is 0 Å². The molecule has 0 atom stereocenters. The van der Waals surface area contributed by atoms with Crippen LogP contribution in [0.2, 0.25) is 0 Å². The van der Waals surface area contributed by atoms with Gasteiger partial charge in [0, 0.05) is 24.1 Å². The van der Waals surface area contributed by atoms with Gasteiger partial charge in [-0.2, -0.15) is 11.8 Å². The highest BCUT2D eigenvalue weighted by molar-refractivity contribution is 7.99. The van der Waals surface area contributed by atoms with Gasteiger partial charge in [0.2, 0.25) is 0 Å². The van der Waals surface area contributed by atoms with E-state index in [1.165, 1.54) is 32.1 Å². The van der Waals surface area contributed by atoms with Gasteiger partial charge in [-0.05, 0) is 39.7 Å². The summed E-state index contributed by atoms with van der Waals surface area (Å²) in [4.78, 5) is 2.35. The molecule has 0 spiro atoms. The molecule has 0 unspecified atom stereocenters. The SMILES string of the molecule is CC1(C)CCN(CCSC2CCCCC2)CCS1(=O)=O. The molecule has 2 aliphatic rings. The van der Waals surface area contributed by atoms with Crippen molar-refractivity contribution in [2.24, 2.45) is 0 Å². The van der Waals surface area contributed by atoms with E-state index in [0.717, 1.165) is 37.1 Å². The van der Waals surface area contributed by atoms with E-state index >= 15 is 0 Å². The number of rotatable bonds is 4. The van der Waals surface area contributed by atoms with Crippen LogP contribution in [0.15, 0.2) is 0 Å². The smallest absolute Gasteiger partial charge is 0.156 e. The minimum absolute atomic E-state index is 0.327. The number of nitrogens with zero attached hydrogens (tertiary/aromatic N) is 1. The van der Waals surface area contributed by atoms with Crippen LogP contribution in [0.5, 0.6) is 0 Å². The van der Waals surface area contributed by atoms with E-state index in [-0.39, 0.29) is 0 Å². The van der Waals surface area contributed by atoms with Gasteiger partial charge in [0.25, 0.3) is 0 Å². The summed E-state index contributed by atoms with van der Waals surface area (Å²) in [5.41, 5.74) is 0. The summed E-state index contributed by atoms with van der Waals surface area (Å²) in [6.45, 7) is 6.45. The van der Waals surface area contributed by atoms with Crippen molar-refractivity contribution in [3.05, 3.63) is 0 Å². The zero-order valence-electron chi connectivity index (χ0n) is 12.9. The molecule has 1 heterocycles. The third-order valence-electron chi connectivity index (χ3n) is 4.86.